The molecule has 0 radical (unpaired) electrons. The maximum Gasteiger partial charge on any atom is 0.344 e. The number of carbonyl (C=O) groups is 4. The molecule has 1 N–H and O–H groups in total. The second-order valence-electron chi connectivity index (χ2n) is 5.11. The molecule has 0 saturated heterocycles. The molecule has 0 fully saturated rings. The van der Waals surface area contributed by atoms with Crippen molar-refractivity contribution in [2.75, 3.05) is 13.2 Å². The molecule has 0 atom stereocenters. The Balaban J connectivity index is 3.34. The number of amides is 1. The van der Waals surface area contributed by atoms with Gasteiger partial charge in [0.2, 0.25) is 11.4 Å². The Hall–Kier alpha value is -2.77. The van der Waals surface area contributed by atoms with E-state index in [1.807, 2.05) is 0 Å². The van der Waals surface area contributed by atoms with Gasteiger partial charge in [-0.25, -0.2) is 14.0 Å². The maximum absolute atomic E-state index is 13.8. The molecule has 0 aromatic heterocycles. The zero-order valence-electron chi connectivity index (χ0n) is 14.3. The van der Waals surface area contributed by atoms with Crippen LogP contribution in [0.15, 0.2) is 24.3 Å². The molecule has 136 valence electrons. The van der Waals surface area contributed by atoms with E-state index in [2.05, 4.69) is 5.32 Å². The van der Waals surface area contributed by atoms with Gasteiger partial charge in [0.05, 0.1) is 25.2 Å². The number of hydrogen-bond donors (Lipinski definition) is 1. The van der Waals surface area contributed by atoms with Gasteiger partial charge < -0.3 is 14.8 Å². The SMILES string of the molecule is CCOC(=O)C(CC(=O)c1ccccc1F)(NC(C)=O)C(=O)OCC. The summed E-state index contributed by atoms with van der Waals surface area (Å²) in [6.45, 7) is 3.89. The summed E-state index contributed by atoms with van der Waals surface area (Å²) in [5, 5.41) is 2.15. The van der Waals surface area contributed by atoms with Crippen LogP contribution in [0.25, 0.3) is 0 Å². The van der Waals surface area contributed by atoms with Crippen LogP contribution in [-0.2, 0) is 23.9 Å². The monoisotopic (exact) mass is 353 g/mol. The van der Waals surface area contributed by atoms with Crippen LogP contribution in [-0.4, -0.2) is 42.4 Å². The first-order valence-corrected chi connectivity index (χ1v) is 7.69. The van der Waals surface area contributed by atoms with Gasteiger partial charge in [0.25, 0.3) is 0 Å². The van der Waals surface area contributed by atoms with Crippen molar-refractivity contribution in [2.45, 2.75) is 32.7 Å². The largest absolute Gasteiger partial charge is 0.464 e. The Kier molecular flexibility index (Phi) is 7.22. The Labute approximate surface area is 144 Å². The Morgan fingerprint density at radius 1 is 1.04 bits per heavy atom. The van der Waals surface area contributed by atoms with E-state index in [4.69, 9.17) is 9.47 Å². The third kappa shape index (κ3) is 4.85. The summed E-state index contributed by atoms with van der Waals surface area (Å²) in [7, 11) is 0. The van der Waals surface area contributed by atoms with Crippen molar-refractivity contribution < 1.29 is 33.0 Å². The van der Waals surface area contributed by atoms with Crippen molar-refractivity contribution >= 4 is 23.6 Å². The minimum Gasteiger partial charge on any atom is -0.464 e. The first kappa shape index (κ1) is 20.3. The van der Waals surface area contributed by atoms with E-state index in [0.29, 0.717) is 0 Å². The Morgan fingerprint density at radius 2 is 1.56 bits per heavy atom. The number of halogens is 1. The maximum atomic E-state index is 13.8. The van der Waals surface area contributed by atoms with Crippen LogP contribution in [0.4, 0.5) is 4.39 Å². The lowest BCUT2D eigenvalue weighted by Crippen LogP contribution is -2.62. The van der Waals surface area contributed by atoms with Gasteiger partial charge >= 0.3 is 11.9 Å². The number of Topliss-reactive ketones (excluding diaryl/α,β-unsaturated/α-hetero) is 1. The highest BCUT2D eigenvalue weighted by molar-refractivity contribution is 6.13. The fraction of sp³-hybridized carbons (Fsp3) is 0.412. The normalized spacial score (nSPS) is 10.7. The van der Waals surface area contributed by atoms with Crippen LogP contribution in [0.2, 0.25) is 0 Å². The second kappa shape index (κ2) is 8.91. The molecule has 0 spiro atoms. The first-order valence-electron chi connectivity index (χ1n) is 7.69. The van der Waals surface area contributed by atoms with Crippen molar-refractivity contribution in [1.82, 2.24) is 5.32 Å². The summed E-state index contributed by atoms with van der Waals surface area (Å²) >= 11 is 0. The van der Waals surface area contributed by atoms with E-state index < -0.39 is 41.4 Å². The summed E-state index contributed by atoms with van der Waals surface area (Å²) in [5.41, 5.74) is -2.69. The number of esters is 2. The Bertz CT molecular complexity index is 655. The molecule has 1 rings (SSSR count). The van der Waals surface area contributed by atoms with Crippen molar-refractivity contribution in [3.63, 3.8) is 0 Å². The smallest absolute Gasteiger partial charge is 0.344 e. The minimum absolute atomic E-state index is 0.0898. The van der Waals surface area contributed by atoms with Crippen LogP contribution >= 0.6 is 0 Å². The van der Waals surface area contributed by atoms with E-state index >= 15 is 0 Å². The van der Waals surface area contributed by atoms with Gasteiger partial charge in [-0.15, -0.1) is 0 Å². The van der Waals surface area contributed by atoms with Crippen LogP contribution in [0, 0.1) is 5.82 Å². The summed E-state index contributed by atoms with van der Waals surface area (Å²) < 4.78 is 23.5. The molecule has 8 heteroatoms. The molecule has 0 unspecified atom stereocenters. The van der Waals surface area contributed by atoms with Gasteiger partial charge in [-0.3, -0.25) is 9.59 Å². The second-order valence-corrected chi connectivity index (χ2v) is 5.11. The van der Waals surface area contributed by atoms with Crippen LogP contribution in [0.1, 0.15) is 37.6 Å². The van der Waals surface area contributed by atoms with E-state index in [0.717, 1.165) is 13.0 Å². The van der Waals surface area contributed by atoms with Gasteiger partial charge in [0.15, 0.2) is 5.78 Å². The van der Waals surface area contributed by atoms with Gasteiger partial charge in [0, 0.05) is 6.92 Å². The molecule has 0 aliphatic rings. The highest BCUT2D eigenvalue weighted by atomic mass is 19.1. The summed E-state index contributed by atoms with van der Waals surface area (Å²) in [6, 6.07) is 5.11. The fourth-order valence-corrected chi connectivity index (χ4v) is 2.21. The molecule has 0 bridgehead atoms. The summed E-state index contributed by atoms with van der Waals surface area (Å²) in [5.74, 6) is -4.70. The number of hydrogen-bond acceptors (Lipinski definition) is 6. The number of benzene rings is 1. The van der Waals surface area contributed by atoms with E-state index in [-0.39, 0.29) is 18.8 Å². The molecule has 25 heavy (non-hydrogen) atoms. The summed E-state index contributed by atoms with van der Waals surface area (Å²) in [4.78, 5) is 48.8. The van der Waals surface area contributed by atoms with E-state index in [1.54, 1.807) is 0 Å². The number of nitrogens with one attached hydrogen (secondary N) is 1. The van der Waals surface area contributed by atoms with Crippen LogP contribution in [0.3, 0.4) is 0 Å². The average Bonchev–Trinajstić information content (AvgIpc) is 2.54. The molecule has 1 aromatic rings. The van der Waals surface area contributed by atoms with Gasteiger partial charge in [-0.1, -0.05) is 12.1 Å². The van der Waals surface area contributed by atoms with Crippen LogP contribution < -0.4 is 5.32 Å². The minimum atomic E-state index is -2.38. The van der Waals surface area contributed by atoms with Crippen molar-refractivity contribution in [1.29, 1.82) is 0 Å². The molecule has 7 nitrogen and oxygen atoms in total. The Morgan fingerprint density at radius 3 is 2.00 bits per heavy atom. The van der Waals surface area contributed by atoms with E-state index in [1.165, 1.54) is 32.0 Å². The molecule has 0 saturated carbocycles. The quantitative estimate of drug-likeness (QED) is 0.431. The van der Waals surface area contributed by atoms with Crippen molar-refractivity contribution in [3.05, 3.63) is 35.6 Å². The number of carbonyl (C=O) groups excluding carboxylic acids is 4. The lowest BCUT2D eigenvalue weighted by molar-refractivity contribution is -0.167. The standard InChI is InChI=1S/C17H20FNO6/c1-4-24-15(22)17(19-11(3)20,16(23)25-5-2)10-14(21)12-8-6-7-9-13(12)18/h6-9H,4-5,10H2,1-3H3,(H,19,20). The van der Waals surface area contributed by atoms with Crippen molar-refractivity contribution in [2.24, 2.45) is 0 Å². The van der Waals surface area contributed by atoms with E-state index in [9.17, 15) is 23.6 Å². The topological polar surface area (TPSA) is 98.8 Å². The average molecular weight is 353 g/mol. The number of ether oxygens (including phenoxy) is 2. The highest BCUT2D eigenvalue weighted by Crippen LogP contribution is 2.21. The number of rotatable bonds is 8. The zero-order chi connectivity index (χ0) is 19.0. The molecule has 0 aliphatic heterocycles. The fourth-order valence-electron chi connectivity index (χ4n) is 2.21. The molecule has 0 aliphatic carbocycles. The third-order valence-electron chi connectivity index (χ3n) is 3.24. The van der Waals surface area contributed by atoms with Gasteiger partial charge in [-0.2, -0.15) is 0 Å². The highest BCUT2D eigenvalue weighted by Gasteiger charge is 2.51. The molecule has 1 amide bonds. The summed E-state index contributed by atoms with van der Waals surface area (Å²) in [6.07, 6.45) is -0.828. The predicted octanol–water partition coefficient (Wildman–Crippen LogP) is 1.40. The van der Waals surface area contributed by atoms with Crippen LogP contribution in [0.5, 0.6) is 0 Å². The first-order chi connectivity index (χ1) is 11.8. The predicted molar refractivity (Wildman–Crippen MR) is 85.2 cm³/mol. The van der Waals surface area contributed by atoms with Gasteiger partial charge in [0.1, 0.15) is 5.82 Å². The molecular formula is C17H20FNO6. The molecule has 0 heterocycles. The lowest BCUT2D eigenvalue weighted by atomic mass is 9.89. The molecule has 1 aromatic carbocycles. The lowest BCUT2D eigenvalue weighted by Gasteiger charge is -2.29. The zero-order valence-corrected chi connectivity index (χ0v) is 14.3. The molecular weight excluding hydrogens is 333 g/mol. The van der Waals surface area contributed by atoms with Crippen molar-refractivity contribution in [3.8, 4) is 0 Å². The third-order valence-corrected chi connectivity index (χ3v) is 3.24. The number of ketones is 1. The van der Waals surface area contributed by atoms with Gasteiger partial charge in [-0.05, 0) is 26.0 Å².